The number of hydrogen-bond donors (Lipinski definition) is 1. The van der Waals surface area contributed by atoms with Crippen LogP contribution in [0, 0.1) is 0 Å². The van der Waals surface area contributed by atoms with Crippen LogP contribution in [-0.4, -0.2) is 31.4 Å². The van der Waals surface area contributed by atoms with Crippen molar-refractivity contribution in [2.45, 2.75) is 31.2 Å². The molecule has 0 saturated heterocycles. The van der Waals surface area contributed by atoms with E-state index in [9.17, 15) is 4.79 Å². The average molecular weight is 355 g/mol. The van der Waals surface area contributed by atoms with Crippen molar-refractivity contribution in [1.82, 2.24) is 19.7 Å². The predicted molar refractivity (Wildman–Crippen MR) is 101 cm³/mol. The van der Waals surface area contributed by atoms with Crippen molar-refractivity contribution < 1.29 is 4.79 Å². The van der Waals surface area contributed by atoms with Crippen LogP contribution < -0.4 is 5.32 Å². The lowest BCUT2D eigenvalue weighted by molar-refractivity contribution is -0.113. The molecule has 3 aromatic rings. The van der Waals surface area contributed by atoms with Crippen molar-refractivity contribution in [2.24, 2.45) is 7.05 Å². The Balaban J connectivity index is 1.72. The molecule has 3 rings (SSSR count). The molecule has 6 nitrogen and oxygen atoms in total. The molecule has 0 aliphatic heterocycles. The lowest BCUT2D eigenvalue weighted by Crippen LogP contribution is -2.19. The van der Waals surface area contributed by atoms with Gasteiger partial charge in [0.2, 0.25) is 5.91 Å². The van der Waals surface area contributed by atoms with Crippen molar-refractivity contribution in [3.63, 3.8) is 0 Å². The Morgan fingerprint density at radius 2 is 2.00 bits per heavy atom. The lowest BCUT2D eigenvalue weighted by Gasteiger charge is -2.22. The maximum absolute atomic E-state index is 12.4. The third-order valence-corrected chi connectivity index (χ3v) is 4.85. The third-order valence-electron chi connectivity index (χ3n) is 3.84. The lowest BCUT2D eigenvalue weighted by atomic mass is 9.86. The number of carbonyl (C=O) groups excluding carboxylic acids is 1. The molecule has 0 aliphatic rings. The number of amides is 1. The van der Waals surface area contributed by atoms with Crippen LogP contribution in [0.5, 0.6) is 0 Å². The summed E-state index contributed by atoms with van der Waals surface area (Å²) in [6.45, 7) is 6.40. The van der Waals surface area contributed by atoms with Crippen LogP contribution in [0.3, 0.4) is 0 Å². The largest absolute Gasteiger partial charge is 0.325 e. The number of thioether (sulfide) groups is 1. The summed E-state index contributed by atoms with van der Waals surface area (Å²) in [7, 11) is 1.83. The van der Waals surface area contributed by atoms with Crippen LogP contribution in [0.25, 0.3) is 11.0 Å². The minimum absolute atomic E-state index is 0.0362. The van der Waals surface area contributed by atoms with Gasteiger partial charge in [0.25, 0.3) is 0 Å². The van der Waals surface area contributed by atoms with Crippen molar-refractivity contribution >= 4 is 34.4 Å². The van der Waals surface area contributed by atoms with Crippen LogP contribution in [0.1, 0.15) is 26.3 Å². The molecule has 25 heavy (non-hydrogen) atoms. The number of fused-ring (bicyclic) bond motifs is 1. The van der Waals surface area contributed by atoms with Gasteiger partial charge in [0.05, 0.1) is 17.3 Å². The summed E-state index contributed by atoms with van der Waals surface area (Å²) in [5.41, 5.74) is 2.70. The smallest absolute Gasteiger partial charge is 0.234 e. The molecule has 0 bridgehead atoms. The first-order valence-corrected chi connectivity index (χ1v) is 8.99. The summed E-state index contributed by atoms with van der Waals surface area (Å²) in [6, 6.07) is 7.91. The number of aryl methyl sites for hydroxylation is 1. The standard InChI is InChI=1S/C18H21N5OS/c1-18(2,3)13-7-5-6-8-14(13)22-15(24)10-25-17-12-9-21-23(4)16(12)19-11-20-17/h5-9,11H,10H2,1-4H3,(H,22,24). The van der Waals surface area contributed by atoms with E-state index in [1.165, 1.54) is 18.1 Å². The molecule has 0 radical (unpaired) electrons. The van der Waals surface area contributed by atoms with E-state index >= 15 is 0 Å². The zero-order valence-corrected chi connectivity index (χ0v) is 15.6. The summed E-state index contributed by atoms with van der Waals surface area (Å²) < 4.78 is 1.70. The third kappa shape index (κ3) is 3.82. The molecule has 1 amide bonds. The topological polar surface area (TPSA) is 72.7 Å². The van der Waals surface area contributed by atoms with E-state index < -0.39 is 0 Å². The zero-order chi connectivity index (χ0) is 18.0. The monoisotopic (exact) mass is 355 g/mol. The number of hydrogen-bond acceptors (Lipinski definition) is 5. The molecule has 0 fully saturated rings. The van der Waals surface area contributed by atoms with Crippen molar-refractivity contribution in [1.29, 1.82) is 0 Å². The molecular formula is C18H21N5OS. The Hall–Kier alpha value is -2.41. The molecule has 0 spiro atoms. The van der Waals surface area contributed by atoms with E-state index in [1.54, 1.807) is 10.9 Å². The van der Waals surface area contributed by atoms with Gasteiger partial charge in [-0.3, -0.25) is 9.48 Å². The number of benzene rings is 1. The minimum atomic E-state index is -0.0580. The first kappa shape index (κ1) is 17.4. The van der Waals surface area contributed by atoms with Gasteiger partial charge in [-0.05, 0) is 17.0 Å². The van der Waals surface area contributed by atoms with Gasteiger partial charge in [0.15, 0.2) is 5.65 Å². The van der Waals surface area contributed by atoms with Gasteiger partial charge in [0.1, 0.15) is 11.4 Å². The van der Waals surface area contributed by atoms with Gasteiger partial charge in [0, 0.05) is 12.7 Å². The van der Waals surface area contributed by atoms with Crippen molar-refractivity contribution in [2.75, 3.05) is 11.1 Å². The first-order valence-electron chi connectivity index (χ1n) is 8.01. The van der Waals surface area contributed by atoms with Gasteiger partial charge in [-0.1, -0.05) is 50.7 Å². The van der Waals surface area contributed by atoms with E-state index in [2.05, 4.69) is 41.2 Å². The number of aromatic nitrogens is 4. The summed E-state index contributed by atoms with van der Waals surface area (Å²) in [4.78, 5) is 20.9. The van der Waals surface area contributed by atoms with Crippen LogP contribution in [0.2, 0.25) is 0 Å². The normalized spacial score (nSPS) is 11.7. The highest BCUT2D eigenvalue weighted by atomic mass is 32.2. The van der Waals surface area contributed by atoms with E-state index in [1.807, 2.05) is 31.3 Å². The fourth-order valence-corrected chi connectivity index (χ4v) is 3.38. The van der Waals surface area contributed by atoms with Crippen LogP contribution in [-0.2, 0) is 17.3 Å². The Labute approximate surface area is 151 Å². The summed E-state index contributed by atoms with van der Waals surface area (Å²) in [5, 5.41) is 8.83. The second-order valence-corrected chi connectivity index (χ2v) is 7.78. The highest BCUT2D eigenvalue weighted by Crippen LogP contribution is 2.30. The molecule has 1 aromatic carbocycles. The van der Waals surface area contributed by atoms with Gasteiger partial charge in [-0.25, -0.2) is 9.97 Å². The van der Waals surface area contributed by atoms with E-state index in [4.69, 9.17) is 0 Å². The van der Waals surface area contributed by atoms with E-state index in [0.29, 0.717) is 0 Å². The highest BCUT2D eigenvalue weighted by molar-refractivity contribution is 8.00. The van der Waals surface area contributed by atoms with E-state index in [-0.39, 0.29) is 17.1 Å². The molecule has 1 N–H and O–H groups in total. The van der Waals surface area contributed by atoms with Gasteiger partial charge >= 0.3 is 0 Å². The molecule has 2 heterocycles. The Morgan fingerprint density at radius 1 is 1.24 bits per heavy atom. The van der Waals surface area contributed by atoms with Crippen LogP contribution in [0.15, 0.2) is 41.8 Å². The Bertz CT molecular complexity index is 913. The predicted octanol–water partition coefficient (Wildman–Crippen LogP) is 3.39. The van der Waals surface area contributed by atoms with Crippen LogP contribution >= 0.6 is 11.8 Å². The van der Waals surface area contributed by atoms with Crippen molar-refractivity contribution in [3.05, 3.63) is 42.4 Å². The van der Waals surface area contributed by atoms with Gasteiger partial charge in [-0.2, -0.15) is 5.10 Å². The number of carbonyl (C=O) groups is 1. The highest BCUT2D eigenvalue weighted by Gasteiger charge is 2.19. The number of nitrogens with one attached hydrogen (secondary N) is 1. The summed E-state index contributed by atoms with van der Waals surface area (Å²) >= 11 is 1.39. The molecule has 0 saturated carbocycles. The number of rotatable bonds is 4. The molecule has 130 valence electrons. The fraction of sp³-hybridized carbons (Fsp3) is 0.333. The number of nitrogens with zero attached hydrogens (tertiary/aromatic N) is 4. The van der Waals surface area contributed by atoms with E-state index in [0.717, 1.165) is 27.3 Å². The second-order valence-electron chi connectivity index (χ2n) is 6.82. The molecule has 2 aromatic heterocycles. The number of anilines is 1. The summed E-state index contributed by atoms with van der Waals surface area (Å²) in [5.74, 6) is 0.219. The molecule has 0 aliphatic carbocycles. The molecular weight excluding hydrogens is 334 g/mol. The Kier molecular flexibility index (Phi) is 4.76. The SMILES string of the molecule is Cn1ncc2c(SCC(=O)Nc3ccccc3C(C)(C)C)ncnc21. The van der Waals surface area contributed by atoms with Gasteiger partial charge in [-0.15, -0.1) is 0 Å². The van der Waals surface area contributed by atoms with Crippen molar-refractivity contribution in [3.8, 4) is 0 Å². The Morgan fingerprint density at radius 3 is 2.76 bits per heavy atom. The molecule has 7 heteroatoms. The zero-order valence-electron chi connectivity index (χ0n) is 14.8. The second kappa shape index (κ2) is 6.84. The fourth-order valence-electron chi connectivity index (χ4n) is 2.62. The quantitative estimate of drug-likeness (QED) is 0.574. The molecule has 0 unspecified atom stereocenters. The maximum Gasteiger partial charge on any atom is 0.234 e. The minimum Gasteiger partial charge on any atom is -0.325 e. The van der Waals surface area contributed by atoms with Crippen LogP contribution in [0.4, 0.5) is 5.69 Å². The van der Waals surface area contributed by atoms with Gasteiger partial charge < -0.3 is 5.32 Å². The maximum atomic E-state index is 12.4. The first-order chi connectivity index (χ1) is 11.9. The summed E-state index contributed by atoms with van der Waals surface area (Å²) in [6.07, 6.45) is 3.23. The number of para-hydroxylation sites is 1. The average Bonchev–Trinajstić information content (AvgIpc) is 2.94. The molecule has 0 atom stereocenters.